The fourth-order valence-electron chi connectivity index (χ4n) is 1.53. The van der Waals surface area contributed by atoms with E-state index in [1.807, 2.05) is 6.92 Å². The summed E-state index contributed by atoms with van der Waals surface area (Å²) < 4.78 is 10.3. The topological polar surface area (TPSA) is 35.5 Å². The first-order chi connectivity index (χ1) is 8.16. The number of carbonyl (C=O) groups is 1. The van der Waals surface area contributed by atoms with Crippen LogP contribution in [0.5, 0.6) is 0 Å². The maximum atomic E-state index is 11.3. The number of carbonyl (C=O) groups excluding carboxylic acids is 1. The first-order valence-corrected chi connectivity index (χ1v) is 6.90. The van der Waals surface area contributed by atoms with Gasteiger partial charge in [0.05, 0.1) is 6.61 Å². The number of esters is 1. The summed E-state index contributed by atoms with van der Waals surface area (Å²) in [5, 5.41) is 0. The van der Waals surface area contributed by atoms with Gasteiger partial charge in [-0.25, -0.2) is 0 Å². The smallest absolute Gasteiger partial charge is 0.305 e. The summed E-state index contributed by atoms with van der Waals surface area (Å²) in [6, 6.07) is 0. The van der Waals surface area contributed by atoms with Crippen LogP contribution in [0.25, 0.3) is 0 Å². The van der Waals surface area contributed by atoms with Crippen LogP contribution in [0, 0.1) is 5.92 Å². The van der Waals surface area contributed by atoms with Gasteiger partial charge in [0, 0.05) is 19.6 Å². The van der Waals surface area contributed by atoms with Crippen LogP contribution in [-0.4, -0.2) is 25.8 Å². The molecule has 0 unspecified atom stereocenters. The molecule has 0 N–H and O–H groups in total. The molecule has 0 atom stereocenters. The second-order valence-electron chi connectivity index (χ2n) is 4.76. The van der Waals surface area contributed by atoms with Crippen LogP contribution in [0.1, 0.15) is 59.3 Å². The molecular formula is C14H28O3. The summed E-state index contributed by atoms with van der Waals surface area (Å²) >= 11 is 0. The molecule has 17 heavy (non-hydrogen) atoms. The van der Waals surface area contributed by atoms with Crippen molar-refractivity contribution in [1.82, 2.24) is 0 Å². The molecule has 3 nitrogen and oxygen atoms in total. The van der Waals surface area contributed by atoms with Crippen LogP contribution in [0.4, 0.5) is 0 Å². The molecule has 0 bridgehead atoms. The van der Waals surface area contributed by atoms with Gasteiger partial charge in [-0.05, 0) is 38.5 Å². The maximum absolute atomic E-state index is 11.3. The molecule has 0 saturated carbocycles. The molecular weight excluding hydrogens is 216 g/mol. The predicted octanol–water partition coefficient (Wildman–Crippen LogP) is 3.56. The van der Waals surface area contributed by atoms with Crippen LogP contribution in [0.2, 0.25) is 0 Å². The summed E-state index contributed by atoms with van der Waals surface area (Å²) in [5.74, 6) is 0.676. The molecule has 0 rings (SSSR count). The third-order valence-corrected chi connectivity index (χ3v) is 2.56. The van der Waals surface area contributed by atoms with Gasteiger partial charge < -0.3 is 9.47 Å². The second kappa shape index (κ2) is 11.9. The van der Waals surface area contributed by atoms with Gasteiger partial charge in [-0.15, -0.1) is 0 Å². The Balaban J connectivity index is 3.18. The molecule has 0 aliphatic heterocycles. The van der Waals surface area contributed by atoms with E-state index >= 15 is 0 Å². The third-order valence-electron chi connectivity index (χ3n) is 2.56. The van der Waals surface area contributed by atoms with Gasteiger partial charge in [-0.3, -0.25) is 4.79 Å². The minimum atomic E-state index is -0.0638. The summed E-state index contributed by atoms with van der Waals surface area (Å²) in [6.45, 7) is 8.48. The van der Waals surface area contributed by atoms with E-state index < -0.39 is 0 Å². The molecule has 0 radical (unpaired) electrons. The van der Waals surface area contributed by atoms with E-state index in [-0.39, 0.29) is 5.97 Å². The van der Waals surface area contributed by atoms with E-state index in [1.54, 1.807) is 0 Å². The van der Waals surface area contributed by atoms with Gasteiger partial charge in [0.1, 0.15) is 0 Å². The lowest BCUT2D eigenvalue weighted by atomic mass is 10.1. The Hall–Kier alpha value is -0.570. The van der Waals surface area contributed by atoms with Gasteiger partial charge in [-0.2, -0.15) is 0 Å². The maximum Gasteiger partial charge on any atom is 0.305 e. The average Bonchev–Trinajstić information content (AvgIpc) is 2.28. The summed E-state index contributed by atoms with van der Waals surface area (Å²) in [5.41, 5.74) is 0. The molecule has 0 aliphatic carbocycles. The number of ether oxygens (including phenoxy) is 2. The molecule has 0 saturated heterocycles. The molecule has 0 fully saturated rings. The van der Waals surface area contributed by atoms with Gasteiger partial charge in [0.25, 0.3) is 0 Å². The van der Waals surface area contributed by atoms with Crippen LogP contribution in [-0.2, 0) is 14.3 Å². The molecule has 0 amide bonds. The van der Waals surface area contributed by atoms with E-state index in [9.17, 15) is 4.79 Å². The Kier molecular flexibility index (Phi) is 11.5. The number of hydrogen-bond donors (Lipinski definition) is 0. The van der Waals surface area contributed by atoms with E-state index in [4.69, 9.17) is 9.47 Å². The lowest BCUT2D eigenvalue weighted by Gasteiger charge is -2.06. The fourth-order valence-corrected chi connectivity index (χ4v) is 1.53. The lowest BCUT2D eigenvalue weighted by molar-refractivity contribution is -0.143. The molecule has 0 spiro atoms. The van der Waals surface area contributed by atoms with E-state index in [0.29, 0.717) is 13.0 Å². The van der Waals surface area contributed by atoms with Crippen LogP contribution >= 0.6 is 0 Å². The zero-order chi connectivity index (χ0) is 12.9. The standard InChI is InChI=1S/C14H28O3/c1-4-16-11-7-6-10-14(15)17-12-8-5-9-13(2)3/h13H,4-12H2,1-3H3. The monoisotopic (exact) mass is 244 g/mol. The van der Waals surface area contributed by atoms with Crippen LogP contribution in [0.15, 0.2) is 0 Å². The Labute approximate surface area is 106 Å². The average molecular weight is 244 g/mol. The highest BCUT2D eigenvalue weighted by Gasteiger charge is 2.02. The van der Waals surface area contributed by atoms with Gasteiger partial charge in [0.2, 0.25) is 0 Å². The normalized spacial score (nSPS) is 10.8. The highest BCUT2D eigenvalue weighted by molar-refractivity contribution is 5.69. The van der Waals surface area contributed by atoms with E-state index in [1.165, 1.54) is 6.42 Å². The van der Waals surface area contributed by atoms with Crippen molar-refractivity contribution in [3.05, 3.63) is 0 Å². The van der Waals surface area contributed by atoms with Crippen molar-refractivity contribution >= 4 is 5.97 Å². The highest BCUT2D eigenvalue weighted by atomic mass is 16.5. The molecule has 3 heteroatoms. The molecule has 0 aromatic heterocycles. The predicted molar refractivity (Wildman–Crippen MR) is 70.0 cm³/mol. The van der Waals surface area contributed by atoms with Crippen LogP contribution < -0.4 is 0 Å². The van der Waals surface area contributed by atoms with Crippen molar-refractivity contribution in [2.75, 3.05) is 19.8 Å². The largest absolute Gasteiger partial charge is 0.466 e. The van der Waals surface area contributed by atoms with Crippen molar-refractivity contribution in [1.29, 1.82) is 0 Å². The zero-order valence-corrected chi connectivity index (χ0v) is 11.7. The summed E-state index contributed by atoms with van der Waals surface area (Å²) in [6.07, 6.45) is 5.68. The Morgan fingerprint density at radius 1 is 1.06 bits per heavy atom. The van der Waals surface area contributed by atoms with Crippen molar-refractivity contribution in [3.63, 3.8) is 0 Å². The van der Waals surface area contributed by atoms with E-state index in [2.05, 4.69) is 13.8 Å². The first kappa shape index (κ1) is 16.4. The van der Waals surface area contributed by atoms with Crippen molar-refractivity contribution in [2.24, 2.45) is 5.92 Å². The Morgan fingerprint density at radius 2 is 1.76 bits per heavy atom. The fraction of sp³-hybridized carbons (Fsp3) is 0.929. The van der Waals surface area contributed by atoms with Crippen LogP contribution in [0.3, 0.4) is 0 Å². The van der Waals surface area contributed by atoms with Crippen molar-refractivity contribution < 1.29 is 14.3 Å². The summed E-state index contributed by atoms with van der Waals surface area (Å²) in [4.78, 5) is 11.3. The number of hydrogen-bond acceptors (Lipinski definition) is 3. The molecule has 0 aromatic carbocycles. The highest BCUT2D eigenvalue weighted by Crippen LogP contribution is 2.06. The second-order valence-corrected chi connectivity index (χ2v) is 4.76. The third kappa shape index (κ3) is 13.4. The molecule has 0 heterocycles. The quantitative estimate of drug-likeness (QED) is 0.412. The van der Waals surface area contributed by atoms with Crippen molar-refractivity contribution in [3.8, 4) is 0 Å². The summed E-state index contributed by atoms with van der Waals surface area (Å²) in [7, 11) is 0. The zero-order valence-electron chi connectivity index (χ0n) is 11.7. The number of rotatable bonds is 11. The van der Waals surface area contributed by atoms with Crippen molar-refractivity contribution in [2.45, 2.75) is 59.3 Å². The Bertz CT molecular complexity index is 178. The molecule has 0 aliphatic rings. The molecule has 0 aromatic rings. The first-order valence-electron chi connectivity index (χ1n) is 6.90. The number of unbranched alkanes of at least 4 members (excludes halogenated alkanes) is 2. The van der Waals surface area contributed by atoms with Gasteiger partial charge in [0.15, 0.2) is 0 Å². The minimum Gasteiger partial charge on any atom is -0.466 e. The van der Waals surface area contributed by atoms with Gasteiger partial charge >= 0.3 is 5.97 Å². The van der Waals surface area contributed by atoms with E-state index in [0.717, 1.165) is 44.8 Å². The van der Waals surface area contributed by atoms with Gasteiger partial charge in [-0.1, -0.05) is 20.3 Å². The Morgan fingerprint density at radius 3 is 2.41 bits per heavy atom. The SMILES string of the molecule is CCOCCCCC(=O)OCCCCC(C)C. The lowest BCUT2D eigenvalue weighted by Crippen LogP contribution is -2.06. The minimum absolute atomic E-state index is 0.0638. The molecule has 102 valence electrons.